The van der Waals surface area contributed by atoms with Gasteiger partial charge in [0.05, 0.1) is 0 Å². The molecular formula is C13H18ClN. The van der Waals surface area contributed by atoms with Crippen LogP contribution in [0.1, 0.15) is 24.0 Å². The van der Waals surface area contributed by atoms with E-state index in [4.69, 9.17) is 11.6 Å². The lowest BCUT2D eigenvalue weighted by Gasteiger charge is -2.23. The summed E-state index contributed by atoms with van der Waals surface area (Å²) in [5, 5.41) is 4.41. The van der Waals surface area contributed by atoms with Crippen LogP contribution in [0.4, 0.5) is 0 Å². The number of piperidine rings is 1. The highest BCUT2D eigenvalue weighted by molar-refractivity contribution is 6.32. The van der Waals surface area contributed by atoms with E-state index in [2.05, 4.69) is 30.4 Å². The summed E-state index contributed by atoms with van der Waals surface area (Å²) < 4.78 is 0. The van der Waals surface area contributed by atoms with Gasteiger partial charge in [-0.3, -0.25) is 0 Å². The van der Waals surface area contributed by atoms with Gasteiger partial charge < -0.3 is 5.32 Å². The second kappa shape index (κ2) is 5.00. The molecule has 0 saturated carbocycles. The normalized spacial score (nSPS) is 21.6. The molecule has 1 saturated heterocycles. The van der Waals surface area contributed by atoms with Gasteiger partial charge in [-0.1, -0.05) is 29.8 Å². The third kappa shape index (κ3) is 2.73. The summed E-state index contributed by atoms with van der Waals surface area (Å²) in [5.74, 6) is 0.762. The minimum Gasteiger partial charge on any atom is -0.316 e. The molecule has 1 aliphatic rings. The molecule has 1 aromatic carbocycles. The van der Waals surface area contributed by atoms with Gasteiger partial charge >= 0.3 is 0 Å². The van der Waals surface area contributed by atoms with Crippen molar-refractivity contribution in [2.75, 3.05) is 13.1 Å². The summed E-state index contributed by atoms with van der Waals surface area (Å²) in [6.45, 7) is 4.40. The van der Waals surface area contributed by atoms with Crippen LogP contribution < -0.4 is 5.32 Å². The van der Waals surface area contributed by atoms with Crippen molar-refractivity contribution in [1.29, 1.82) is 0 Å². The SMILES string of the molecule is Cc1cccc(CC2CCCNC2)c1Cl. The van der Waals surface area contributed by atoms with Crippen LogP contribution in [-0.2, 0) is 6.42 Å². The first-order chi connectivity index (χ1) is 7.27. The van der Waals surface area contributed by atoms with Crippen LogP contribution in [0.15, 0.2) is 18.2 Å². The zero-order valence-corrected chi connectivity index (χ0v) is 9.98. The summed E-state index contributed by atoms with van der Waals surface area (Å²) in [7, 11) is 0. The second-order valence-corrected chi connectivity index (χ2v) is 4.84. The average Bonchev–Trinajstić information content (AvgIpc) is 2.26. The summed E-state index contributed by atoms with van der Waals surface area (Å²) in [5.41, 5.74) is 2.50. The number of benzene rings is 1. The highest BCUT2D eigenvalue weighted by Crippen LogP contribution is 2.25. The molecule has 2 heteroatoms. The Hall–Kier alpha value is -0.530. The maximum atomic E-state index is 6.29. The Morgan fingerprint density at radius 3 is 3.07 bits per heavy atom. The number of aryl methyl sites for hydroxylation is 1. The molecule has 1 nitrogen and oxygen atoms in total. The van der Waals surface area contributed by atoms with E-state index in [1.165, 1.54) is 30.5 Å². The summed E-state index contributed by atoms with van der Waals surface area (Å²) >= 11 is 6.29. The van der Waals surface area contributed by atoms with Crippen LogP contribution in [0.3, 0.4) is 0 Å². The molecule has 15 heavy (non-hydrogen) atoms. The molecule has 82 valence electrons. The van der Waals surface area contributed by atoms with Crippen LogP contribution in [0, 0.1) is 12.8 Å². The Morgan fingerprint density at radius 2 is 2.33 bits per heavy atom. The molecule has 1 aromatic rings. The molecule has 0 bridgehead atoms. The fourth-order valence-electron chi connectivity index (χ4n) is 2.28. The molecule has 1 fully saturated rings. The molecule has 1 aliphatic heterocycles. The number of hydrogen-bond donors (Lipinski definition) is 1. The molecule has 0 aromatic heterocycles. The molecule has 2 rings (SSSR count). The molecule has 0 radical (unpaired) electrons. The van der Waals surface area contributed by atoms with Gasteiger partial charge in [-0.15, -0.1) is 0 Å². The highest BCUT2D eigenvalue weighted by atomic mass is 35.5. The lowest BCUT2D eigenvalue weighted by molar-refractivity contribution is 0.376. The Bertz CT molecular complexity index is 329. The molecule has 0 spiro atoms. The lowest BCUT2D eigenvalue weighted by atomic mass is 9.92. The van der Waals surface area contributed by atoms with E-state index in [0.717, 1.165) is 23.9 Å². The van der Waals surface area contributed by atoms with Gasteiger partial charge in [-0.25, -0.2) is 0 Å². The van der Waals surface area contributed by atoms with Crippen LogP contribution in [0.2, 0.25) is 5.02 Å². The minimum absolute atomic E-state index is 0.762. The van der Waals surface area contributed by atoms with Crippen molar-refractivity contribution in [1.82, 2.24) is 5.32 Å². The second-order valence-electron chi connectivity index (χ2n) is 4.46. The Labute approximate surface area is 96.8 Å². The fraction of sp³-hybridized carbons (Fsp3) is 0.538. The van der Waals surface area contributed by atoms with Gasteiger partial charge in [0.1, 0.15) is 0 Å². The first-order valence-corrected chi connectivity index (χ1v) is 6.10. The summed E-state index contributed by atoms with van der Waals surface area (Å²) in [6, 6.07) is 6.34. The van der Waals surface area contributed by atoms with Crippen LogP contribution in [0.25, 0.3) is 0 Å². The van der Waals surface area contributed by atoms with Crippen molar-refractivity contribution < 1.29 is 0 Å². The van der Waals surface area contributed by atoms with Crippen LogP contribution in [-0.4, -0.2) is 13.1 Å². The fourth-order valence-corrected chi connectivity index (χ4v) is 2.48. The Morgan fingerprint density at radius 1 is 1.47 bits per heavy atom. The largest absolute Gasteiger partial charge is 0.316 e. The maximum absolute atomic E-state index is 6.29. The van der Waals surface area contributed by atoms with Crippen molar-refractivity contribution in [2.24, 2.45) is 5.92 Å². The molecule has 0 aliphatic carbocycles. The van der Waals surface area contributed by atoms with Crippen molar-refractivity contribution in [3.05, 3.63) is 34.3 Å². The lowest BCUT2D eigenvalue weighted by Crippen LogP contribution is -2.30. The van der Waals surface area contributed by atoms with E-state index in [-0.39, 0.29) is 0 Å². The van der Waals surface area contributed by atoms with Gasteiger partial charge in [0.2, 0.25) is 0 Å². The molecule has 1 atom stereocenters. The van der Waals surface area contributed by atoms with Gasteiger partial charge in [0, 0.05) is 5.02 Å². The zero-order chi connectivity index (χ0) is 10.7. The van der Waals surface area contributed by atoms with Crippen LogP contribution in [0.5, 0.6) is 0 Å². The van der Waals surface area contributed by atoms with E-state index in [1.54, 1.807) is 0 Å². The third-order valence-corrected chi connectivity index (χ3v) is 3.72. The highest BCUT2D eigenvalue weighted by Gasteiger charge is 2.15. The minimum atomic E-state index is 0.762. The number of rotatable bonds is 2. The first-order valence-electron chi connectivity index (χ1n) is 5.72. The quantitative estimate of drug-likeness (QED) is 0.812. The standard InChI is InChI=1S/C13H18ClN/c1-10-4-2-6-12(13(10)14)8-11-5-3-7-15-9-11/h2,4,6,11,15H,3,5,7-9H2,1H3. The number of nitrogens with one attached hydrogen (secondary N) is 1. The smallest absolute Gasteiger partial charge is 0.0467 e. The van der Waals surface area contributed by atoms with E-state index in [0.29, 0.717) is 0 Å². The molecular weight excluding hydrogens is 206 g/mol. The van der Waals surface area contributed by atoms with Crippen molar-refractivity contribution in [2.45, 2.75) is 26.2 Å². The number of halogens is 1. The van der Waals surface area contributed by atoms with Crippen molar-refractivity contribution in [3.8, 4) is 0 Å². The first kappa shape index (κ1) is 11.0. The topological polar surface area (TPSA) is 12.0 Å². The van der Waals surface area contributed by atoms with E-state index < -0.39 is 0 Å². The van der Waals surface area contributed by atoms with Gasteiger partial charge in [-0.05, 0) is 56.3 Å². The monoisotopic (exact) mass is 223 g/mol. The zero-order valence-electron chi connectivity index (χ0n) is 9.22. The summed E-state index contributed by atoms with van der Waals surface area (Å²) in [6.07, 6.45) is 3.75. The van der Waals surface area contributed by atoms with Crippen molar-refractivity contribution in [3.63, 3.8) is 0 Å². The predicted octanol–water partition coefficient (Wildman–Crippen LogP) is 3.19. The van der Waals surface area contributed by atoms with E-state index in [1.807, 2.05) is 0 Å². The number of hydrogen-bond acceptors (Lipinski definition) is 1. The van der Waals surface area contributed by atoms with E-state index >= 15 is 0 Å². The Kier molecular flexibility index (Phi) is 3.66. The summed E-state index contributed by atoms with van der Waals surface area (Å²) in [4.78, 5) is 0. The van der Waals surface area contributed by atoms with Crippen molar-refractivity contribution >= 4 is 11.6 Å². The van der Waals surface area contributed by atoms with Gasteiger partial charge in [0.15, 0.2) is 0 Å². The molecule has 1 heterocycles. The molecule has 1 N–H and O–H groups in total. The molecule has 0 amide bonds. The maximum Gasteiger partial charge on any atom is 0.0467 e. The average molecular weight is 224 g/mol. The third-order valence-electron chi connectivity index (χ3n) is 3.18. The van der Waals surface area contributed by atoms with E-state index in [9.17, 15) is 0 Å². The predicted molar refractivity (Wildman–Crippen MR) is 65.5 cm³/mol. The van der Waals surface area contributed by atoms with Gasteiger partial charge in [-0.2, -0.15) is 0 Å². The Balaban J connectivity index is 2.06. The molecule has 1 unspecified atom stereocenters. The van der Waals surface area contributed by atoms with Crippen LogP contribution >= 0.6 is 11.6 Å². The van der Waals surface area contributed by atoms with Gasteiger partial charge in [0.25, 0.3) is 0 Å².